The Kier molecular flexibility index (Phi) is 3.13. The van der Waals surface area contributed by atoms with Gasteiger partial charge in [0, 0.05) is 12.6 Å². The molecule has 0 radical (unpaired) electrons. The Hall–Kier alpha value is -0.0800. The van der Waals surface area contributed by atoms with Crippen molar-refractivity contribution in [3.63, 3.8) is 0 Å². The minimum Gasteiger partial charge on any atom is -0.317 e. The molecule has 1 saturated heterocycles. The lowest BCUT2D eigenvalue weighted by atomic mass is 9.78. The fourth-order valence-electron chi connectivity index (χ4n) is 2.67. The Labute approximate surface area is 87.8 Å². The SMILES string of the molecule is CC1CC(NCC2(C)CCNCC2)C1. The molecule has 0 aromatic carbocycles. The van der Waals surface area contributed by atoms with Crippen LogP contribution in [0.3, 0.4) is 0 Å². The number of rotatable bonds is 3. The number of nitrogens with one attached hydrogen (secondary N) is 2. The van der Waals surface area contributed by atoms with Gasteiger partial charge in [0.05, 0.1) is 0 Å². The van der Waals surface area contributed by atoms with Crippen molar-refractivity contribution in [2.24, 2.45) is 11.3 Å². The Morgan fingerprint density at radius 1 is 1.29 bits per heavy atom. The van der Waals surface area contributed by atoms with Gasteiger partial charge in [-0.25, -0.2) is 0 Å². The van der Waals surface area contributed by atoms with Crippen molar-refractivity contribution in [2.45, 2.75) is 45.6 Å². The lowest BCUT2D eigenvalue weighted by molar-refractivity contribution is 0.173. The molecule has 82 valence electrons. The minimum atomic E-state index is 0.560. The van der Waals surface area contributed by atoms with Gasteiger partial charge in [0.1, 0.15) is 0 Å². The average molecular weight is 196 g/mol. The molecule has 0 unspecified atom stereocenters. The van der Waals surface area contributed by atoms with E-state index >= 15 is 0 Å². The molecule has 2 rings (SSSR count). The Balaban J connectivity index is 1.68. The highest BCUT2D eigenvalue weighted by Crippen LogP contribution is 2.30. The first kappa shape index (κ1) is 10.4. The molecule has 0 spiro atoms. The van der Waals surface area contributed by atoms with Crippen LogP contribution in [0.5, 0.6) is 0 Å². The first-order valence-electron chi connectivity index (χ1n) is 6.12. The van der Waals surface area contributed by atoms with Gasteiger partial charge in [0.15, 0.2) is 0 Å². The predicted molar refractivity (Wildman–Crippen MR) is 60.4 cm³/mol. The van der Waals surface area contributed by atoms with Crippen molar-refractivity contribution in [3.05, 3.63) is 0 Å². The molecule has 0 aromatic heterocycles. The maximum atomic E-state index is 3.73. The summed E-state index contributed by atoms with van der Waals surface area (Å²) in [5, 5.41) is 7.17. The molecule has 2 nitrogen and oxygen atoms in total. The van der Waals surface area contributed by atoms with E-state index in [1.807, 2.05) is 0 Å². The van der Waals surface area contributed by atoms with Gasteiger partial charge in [0.2, 0.25) is 0 Å². The van der Waals surface area contributed by atoms with Crippen LogP contribution in [0.4, 0.5) is 0 Å². The third-order valence-corrected chi connectivity index (χ3v) is 4.00. The zero-order chi connectivity index (χ0) is 10.0. The minimum absolute atomic E-state index is 0.560. The molecule has 1 heterocycles. The second-order valence-corrected chi connectivity index (χ2v) is 5.72. The van der Waals surface area contributed by atoms with Crippen molar-refractivity contribution in [1.82, 2.24) is 10.6 Å². The summed E-state index contributed by atoms with van der Waals surface area (Å²) >= 11 is 0. The molecule has 0 atom stereocenters. The monoisotopic (exact) mass is 196 g/mol. The highest BCUT2D eigenvalue weighted by molar-refractivity contribution is 4.87. The molecule has 1 aliphatic carbocycles. The zero-order valence-corrected chi connectivity index (χ0v) is 9.60. The fourth-order valence-corrected chi connectivity index (χ4v) is 2.67. The van der Waals surface area contributed by atoms with Crippen LogP contribution in [0.25, 0.3) is 0 Å². The molecule has 2 heteroatoms. The molecular weight excluding hydrogens is 172 g/mol. The summed E-state index contributed by atoms with van der Waals surface area (Å²) in [6.45, 7) is 8.43. The van der Waals surface area contributed by atoms with E-state index in [9.17, 15) is 0 Å². The van der Waals surface area contributed by atoms with E-state index in [2.05, 4.69) is 24.5 Å². The molecule has 0 aromatic rings. The number of hydrogen-bond acceptors (Lipinski definition) is 2. The molecule has 1 aliphatic heterocycles. The molecule has 0 amide bonds. The number of piperidine rings is 1. The smallest absolute Gasteiger partial charge is 0.00723 e. The van der Waals surface area contributed by atoms with Crippen LogP contribution >= 0.6 is 0 Å². The highest BCUT2D eigenvalue weighted by Gasteiger charge is 2.30. The fraction of sp³-hybridized carbons (Fsp3) is 1.00. The van der Waals surface area contributed by atoms with Gasteiger partial charge in [-0.15, -0.1) is 0 Å². The van der Waals surface area contributed by atoms with Gasteiger partial charge in [0.25, 0.3) is 0 Å². The molecule has 0 bridgehead atoms. The van der Waals surface area contributed by atoms with E-state index in [4.69, 9.17) is 0 Å². The van der Waals surface area contributed by atoms with Crippen molar-refractivity contribution in [1.29, 1.82) is 0 Å². The van der Waals surface area contributed by atoms with E-state index < -0.39 is 0 Å². The van der Waals surface area contributed by atoms with Crippen LogP contribution in [0.15, 0.2) is 0 Å². The van der Waals surface area contributed by atoms with Crippen molar-refractivity contribution < 1.29 is 0 Å². The van der Waals surface area contributed by atoms with Gasteiger partial charge >= 0.3 is 0 Å². The summed E-state index contributed by atoms with van der Waals surface area (Å²) in [6.07, 6.45) is 5.47. The van der Waals surface area contributed by atoms with Crippen molar-refractivity contribution in [3.8, 4) is 0 Å². The largest absolute Gasteiger partial charge is 0.317 e. The third-order valence-electron chi connectivity index (χ3n) is 4.00. The first-order chi connectivity index (χ1) is 6.68. The second kappa shape index (κ2) is 4.19. The van der Waals surface area contributed by atoms with E-state index in [0.717, 1.165) is 12.0 Å². The third kappa shape index (κ3) is 2.48. The van der Waals surface area contributed by atoms with Crippen LogP contribution in [0.2, 0.25) is 0 Å². The van der Waals surface area contributed by atoms with Gasteiger partial charge in [-0.1, -0.05) is 13.8 Å². The van der Waals surface area contributed by atoms with Crippen molar-refractivity contribution in [2.75, 3.05) is 19.6 Å². The number of hydrogen-bond donors (Lipinski definition) is 2. The quantitative estimate of drug-likeness (QED) is 0.719. The Morgan fingerprint density at radius 2 is 1.93 bits per heavy atom. The maximum absolute atomic E-state index is 3.73. The van der Waals surface area contributed by atoms with Gasteiger partial charge in [-0.2, -0.15) is 0 Å². The molecule has 2 fully saturated rings. The molecule has 1 saturated carbocycles. The van der Waals surface area contributed by atoms with Crippen LogP contribution < -0.4 is 10.6 Å². The summed E-state index contributed by atoms with van der Waals surface area (Å²) in [7, 11) is 0. The van der Waals surface area contributed by atoms with Gasteiger partial charge in [-0.3, -0.25) is 0 Å². The molecule has 2 aliphatic rings. The lowest BCUT2D eigenvalue weighted by Crippen LogP contribution is -2.47. The van der Waals surface area contributed by atoms with Crippen LogP contribution in [0.1, 0.15) is 39.5 Å². The normalized spacial score (nSPS) is 36.4. The summed E-state index contributed by atoms with van der Waals surface area (Å²) < 4.78 is 0. The topological polar surface area (TPSA) is 24.1 Å². The Morgan fingerprint density at radius 3 is 2.50 bits per heavy atom. The summed E-state index contributed by atoms with van der Waals surface area (Å²) in [5.74, 6) is 0.966. The van der Waals surface area contributed by atoms with E-state index in [1.165, 1.54) is 45.3 Å². The second-order valence-electron chi connectivity index (χ2n) is 5.72. The van der Waals surface area contributed by atoms with E-state index in [1.54, 1.807) is 0 Å². The molecular formula is C12H24N2. The summed E-state index contributed by atoms with van der Waals surface area (Å²) in [5.41, 5.74) is 0.560. The van der Waals surface area contributed by atoms with Crippen molar-refractivity contribution >= 4 is 0 Å². The van der Waals surface area contributed by atoms with Crippen LogP contribution in [-0.4, -0.2) is 25.7 Å². The standard InChI is InChI=1S/C12H24N2/c1-10-7-11(8-10)14-9-12(2)3-5-13-6-4-12/h10-11,13-14H,3-9H2,1-2H3. The summed E-state index contributed by atoms with van der Waals surface area (Å²) in [4.78, 5) is 0. The predicted octanol–water partition coefficient (Wildman–Crippen LogP) is 1.76. The molecule has 14 heavy (non-hydrogen) atoms. The van der Waals surface area contributed by atoms with Gasteiger partial charge in [-0.05, 0) is 50.1 Å². The zero-order valence-electron chi connectivity index (χ0n) is 9.60. The lowest BCUT2D eigenvalue weighted by Gasteiger charge is -2.39. The van der Waals surface area contributed by atoms with Gasteiger partial charge < -0.3 is 10.6 Å². The molecule has 2 N–H and O–H groups in total. The van der Waals surface area contributed by atoms with E-state index in [0.29, 0.717) is 5.41 Å². The first-order valence-corrected chi connectivity index (χ1v) is 6.12. The highest BCUT2D eigenvalue weighted by atomic mass is 15.0. The average Bonchev–Trinajstić information content (AvgIpc) is 2.12. The van der Waals surface area contributed by atoms with E-state index in [-0.39, 0.29) is 0 Å². The van der Waals surface area contributed by atoms with Crippen LogP contribution in [0, 0.1) is 11.3 Å². The maximum Gasteiger partial charge on any atom is 0.00723 e. The Bertz CT molecular complexity index is 179. The summed E-state index contributed by atoms with van der Waals surface area (Å²) in [6, 6.07) is 0.830. The van der Waals surface area contributed by atoms with Crippen LogP contribution in [-0.2, 0) is 0 Å².